The molecule has 2 unspecified atom stereocenters. The highest BCUT2D eigenvalue weighted by molar-refractivity contribution is 5.76. The zero-order valence-electron chi connectivity index (χ0n) is 7.87. The maximum absolute atomic E-state index is 11.0. The maximum Gasteiger partial charge on any atom is 0.335 e. The number of ether oxygens (including phenoxy) is 2. The summed E-state index contributed by atoms with van der Waals surface area (Å²) in [4.78, 5) is 11.0. The number of hydrogen-bond donors (Lipinski definition) is 0. The van der Waals surface area contributed by atoms with Gasteiger partial charge in [0.2, 0.25) is 0 Å². The van der Waals surface area contributed by atoms with Gasteiger partial charge in [0.1, 0.15) is 0 Å². The Morgan fingerprint density at radius 1 is 1.50 bits per heavy atom. The van der Waals surface area contributed by atoms with Crippen molar-refractivity contribution in [2.45, 2.75) is 39.4 Å². The molecule has 1 aliphatic rings. The van der Waals surface area contributed by atoms with Gasteiger partial charge in [-0.05, 0) is 12.8 Å². The van der Waals surface area contributed by atoms with Gasteiger partial charge in [-0.1, -0.05) is 13.8 Å². The number of cyclic esters (lactones) is 1. The quantitative estimate of drug-likeness (QED) is 0.603. The van der Waals surface area contributed by atoms with Gasteiger partial charge < -0.3 is 9.47 Å². The van der Waals surface area contributed by atoms with Gasteiger partial charge in [0.25, 0.3) is 0 Å². The molecular formula is C9H16O3. The Balaban J connectivity index is 2.35. The number of carbonyl (C=O) groups excluding carboxylic acids is 1. The van der Waals surface area contributed by atoms with Crippen LogP contribution in [-0.4, -0.2) is 24.8 Å². The zero-order chi connectivity index (χ0) is 9.14. The summed E-state index contributed by atoms with van der Waals surface area (Å²) in [5, 5.41) is 0. The minimum Gasteiger partial charge on any atom is -0.464 e. The van der Waals surface area contributed by atoms with E-state index >= 15 is 0 Å². The molecule has 0 N–H and O–H groups in total. The van der Waals surface area contributed by atoms with Crippen molar-refractivity contribution in [1.29, 1.82) is 0 Å². The number of esters is 1. The topological polar surface area (TPSA) is 35.5 Å². The third kappa shape index (κ3) is 2.21. The predicted molar refractivity (Wildman–Crippen MR) is 44.7 cm³/mol. The van der Waals surface area contributed by atoms with Crippen molar-refractivity contribution in [3.8, 4) is 0 Å². The van der Waals surface area contributed by atoms with E-state index in [4.69, 9.17) is 9.47 Å². The van der Waals surface area contributed by atoms with Crippen molar-refractivity contribution in [2.75, 3.05) is 6.61 Å². The molecule has 70 valence electrons. The first-order chi connectivity index (χ1) is 5.61. The van der Waals surface area contributed by atoms with Crippen LogP contribution in [0.1, 0.15) is 27.2 Å². The Morgan fingerprint density at radius 3 is 2.58 bits per heavy atom. The van der Waals surface area contributed by atoms with E-state index in [1.807, 2.05) is 6.92 Å². The molecule has 1 aliphatic heterocycles. The number of rotatable bonds is 3. The Bertz CT molecular complexity index is 165. The van der Waals surface area contributed by atoms with E-state index in [0.29, 0.717) is 18.9 Å². The fraction of sp³-hybridized carbons (Fsp3) is 0.889. The normalized spacial score (nSPS) is 26.0. The summed E-state index contributed by atoms with van der Waals surface area (Å²) in [5.41, 5.74) is 0. The number of carbonyl (C=O) groups is 1. The summed E-state index contributed by atoms with van der Waals surface area (Å²) in [6.45, 7) is 6.64. The van der Waals surface area contributed by atoms with Gasteiger partial charge in [0.15, 0.2) is 6.10 Å². The lowest BCUT2D eigenvalue weighted by Crippen LogP contribution is -2.27. The molecule has 0 spiro atoms. The standard InChI is InChI=1S/C9H16O3/c1-6(2)7(3)12-8-4-5-11-9(8)10/h6-8H,4-5H2,1-3H3. The second-order valence-electron chi connectivity index (χ2n) is 3.53. The minimum atomic E-state index is -0.317. The van der Waals surface area contributed by atoms with E-state index in [-0.39, 0.29) is 18.2 Å². The maximum atomic E-state index is 11.0. The van der Waals surface area contributed by atoms with E-state index in [2.05, 4.69) is 13.8 Å². The molecule has 0 aromatic rings. The lowest BCUT2D eigenvalue weighted by atomic mass is 10.1. The van der Waals surface area contributed by atoms with E-state index < -0.39 is 0 Å². The first-order valence-electron chi connectivity index (χ1n) is 4.43. The molecule has 2 atom stereocenters. The molecular weight excluding hydrogens is 156 g/mol. The monoisotopic (exact) mass is 172 g/mol. The van der Waals surface area contributed by atoms with Crippen LogP contribution in [0.15, 0.2) is 0 Å². The summed E-state index contributed by atoms with van der Waals surface area (Å²) in [5.74, 6) is 0.237. The van der Waals surface area contributed by atoms with Gasteiger partial charge >= 0.3 is 5.97 Å². The lowest BCUT2D eigenvalue weighted by Gasteiger charge is -2.18. The minimum absolute atomic E-state index is 0.126. The molecule has 3 nitrogen and oxygen atoms in total. The molecule has 1 heterocycles. The summed E-state index contributed by atoms with van der Waals surface area (Å²) >= 11 is 0. The van der Waals surface area contributed by atoms with Gasteiger partial charge in [0, 0.05) is 6.42 Å². The average molecular weight is 172 g/mol. The Labute approximate surface area is 73.0 Å². The van der Waals surface area contributed by atoms with Crippen LogP contribution in [0.5, 0.6) is 0 Å². The Kier molecular flexibility index (Phi) is 3.09. The summed E-state index contributed by atoms with van der Waals surface area (Å²) in [6.07, 6.45) is 0.513. The van der Waals surface area contributed by atoms with Crippen LogP contribution in [-0.2, 0) is 14.3 Å². The molecule has 0 aliphatic carbocycles. The molecule has 0 radical (unpaired) electrons. The highest BCUT2D eigenvalue weighted by Gasteiger charge is 2.29. The van der Waals surface area contributed by atoms with Crippen molar-refractivity contribution in [3.05, 3.63) is 0 Å². The molecule has 1 fully saturated rings. The first kappa shape index (κ1) is 9.52. The SMILES string of the molecule is CC(C)C(C)OC1CCOC1=O. The summed E-state index contributed by atoms with van der Waals surface area (Å²) < 4.78 is 10.3. The molecule has 1 saturated heterocycles. The van der Waals surface area contributed by atoms with Crippen LogP contribution in [0.4, 0.5) is 0 Å². The van der Waals surface area contributed by atoms with Crippen LogP contribution >= 0.6 is 0 Å². The van der Waals surface area contributed by atoms with Crippen LogP contribution in [0, 0.1) is 5.92 Å². The Morgan fingerprint density at radius 2 is 2.17 bits per heavy atom. The molecule has 0 aromatic carbocycles. The molecule has 1 rings (SSSR count). The zero-order valence-corrected chi connectivity index (χ0v) is 7.87. The van der Waals surface area contributed by atoms with E-state index in [0.717, 1.165) is 0 Å². The van der Waals surface area contributed by atoms with Crippen molar-refractivity contribution >= 4 is 5.97 Å². The van der Waals surface area contributed by atoms with Gasteiger partial charge in [-0.25, -0.2) is 4.79 Å². The smallest absolute Gasteiger partial charge is 0.335 e. The Hall–Kier alpha value is -0.570. The highest BCUT2D eigenvalue weighted by Crippen LogP contribution is 2.15. The van der Waals surface area contributed by atoms with Crippen LogP contribution < -0.4 is 0 Å². The average Bonchev–Trinajstić information content (AvgIpc) is 2.36. The van der Waals surface area contributed by atoms with Crippen LogP contribution in [0.2, 0.25) is 0 Å². The first-order valence-corrected chi connectivity index (χ1v) is 4.43. The van der Waals surface area contributed by atoms with Crippen LogP contribution in [0.3, 0.4) is 0 Å². The van der Waals surface area contributed by atoms with Gasteiger partial charge in [-0.2, -0.15) is 0 Å². The molecule has 3 heteroatoms. The second kappa shape index (κ2) is 3.90. The van der Waals surface area contributed by atoms with Crippen molar-refractivity contribution < 1.29 is 14.3 Å². The summed E-state index contributed by atoms with van der Waals surface area (Å²) in [7, 11) is 0. The van der Waals surface area contributed by atoms with E-state index in [9.17, 15) is 4.79 Å². The molecule has 0 bridgehead atoms. The van der Waals surface area contributed by atoms with E-state index in [1.165, 1.54) is 0 Å². The van der Waals surface area contributed by atoms with Gasteiger partial charge in [-0.15, -0.1) is 0 Å². The van der Waals surface area contributed by atoms with Crippen LogP contribution in [0.25, 0.3) is 0 Å². The molecule has 0 saturated carbocycles. The molecule has 0 amide bonds. The van der Waals surface area contributed by atoms with Gasteiger partial charge in [0.05, 0.1) is 12.7 Å². The number of hydrogen-bond acceptors (Lipinski definition) is 3. The summed E-state index contributed by atoms with van der Waals surface area (Å²) in [6, 6.07) is 0. The fourth-order valence-electron chi connectivity index (χ4n) is 1.02. The predicted octanol–water partition coefficient (Wildman–Crippen LogP) is 1.36. The largest absolute Gasteiger partial charge is 0.464 e. The molecule has 0 aromatic heterocycles. The van der Waals surface area contributed by atoms with Crippen molar-refractivity contribution in [1.82, 2.24) is 0 Å². The van der Waals surface area contributed by atoms with Crippen molar-refractivity contribution in [2.24, 2.45) is 5.92 Å². The fourth-order valence-corrected chi connectivity index (χ4v) is 1.02. The lowest BCUT2D eigenvalue weighted by molar-refractivity contribution is -0.150. The third-order valence-corrected chi connectivity index (χ3v) is 2.21. The van der Waals surface area contributed by atoms with Gasteiger partial charge in [-0.3, -0.25) is 0 Å². The molecule has 12 heavy (non-hydrogen) atoms. The van der Waals surface area contributed by atoms with Crippen molar-refractivity contribution in [3.63, 3.8) is 0 Å². The third-order valence-electron chi connectivity index (χ3n) is 2.21. The highest BCUT2D eigenvalue weighted by atomic mass is 16.6. The van der Waals surface area contributed by atoms with E-state index in [1.54, 1.807) is 0 Å². The second-order valence-corrected chi connectivity index (χ2v) is 3.53.